The molecule has 106 valence electrons. The number of anilines is 1. The fourth-order valence-corrected chi connectivity index (χ4v) is 2.44. The van der Waals surface area contributed by atoms with Gasteiger partial charge in [0.15, 0.2) is 0 Å². The van der Waals surface area contributed by atoms with E-state index in [4.69, 9.17) is 10.5 Å². The van der Waals surface area contributed by atoms with E-state index in [9.17, 15) is 0 Å². The van der Waals surface area contributed by atoms with E-state index < -0.39 is 0 Å². The van der Waals surface area contributed by atoms with Gasteiger partial charge < -0.3 is 10.5 Å². The summed E-state index contributed by atoms with van der Waals surface area (Å²) in [5.74, 6) is 1.68. The lowest BCUT2D eigenvalue weighted by Crippen LogP contribution is -1.94. The lowest BCUT2D eigenvalue weighted by Gasteiger charge is -2.13. The van der Waals surface area contributed by atoms with Gasteiger partial charge in [-0.1, -0.05) is 25.1 Å². The predicted molar refractivity (Wildman–Crippen MR) is 86.8 cm³/mol. The van der Waals surface area contributed by atoms with Gasteiger partial charge in [-0.15, -0.1) is 0 Å². The van der Waals surface area contributed by atoms with Crippen LogP contribution in [0.3, 0.4) is 0 Å². The van der Waals surface area contributed by atoms with Crippen molar-refractivity contribution in [2.45, 2.75) is 20.3 Å². The van der Waals surface area contributed by atoms with E-state index in [1.807, 2.05) is 49.4 Å². The Morgan fingerprint density at radius 1 is 1.05 bits per heavy atom. The van der Waals surface area contributed by atoms with Crippen LogP contribution in [0.4, 0.5) is 5.69 Å². The molecule has 3 rings (SSSR count). The summed E-state index contributed by atoms with van der Waals surface area (Å²) in [6, 6.07) is 15.7. The van der Waals surface area contributed by atoms with E-state index in [0.29, 0.717) is 5.69 Å². The highest BCUT2D eigenvalue weighted by Gasteiger charge is 2.09. The summed E-state index contributed by atoms with van der Waals surface area (Å²) in [6.07, 6.45) is 0.931. The Morgan fingerprint density at radius 2 is 1.86 bits per heavy atom. The number of para-hydroxylation sites is 1. The highest BCUT2D eigenvalue weighted by molar-refractivity contribution is 5.88. The van der Waals surface area contributed by atoms with Crippen molar-refractivity contribution in [1.82, 2.24) is 4.98 Å². The van der Waals surface area contributed by atoms with Crippen molar-refractivity contribution in [3.05, 3.63) is 59.8 Å². The molecule has 0 fully saturated rings. The number of pyridine rings is 1. The molecule has 2 N–H and O–H groups in total. The Hall–Kier alpha value is -2.55. The molecule has 0 aliphatic carbocycles. The largest absolute Gasteiger partial charge is 0.456 e. The summed E-state index contributed by atoms with van der Waals surface area (Å²) in [5, 5.41) is 0.937. The zero-order valence-electron chi connectivity index (χ0n) is 12.3. The second kappa shape index (κ2) is 5.44. The first-order chi connectivity index (χ1) is 10.2. The van der Waals surface area contributed by atoms with Crippen LogP contribution in [0.25, 0.3) is 10.9 Å². The maximum Gasteiger partial charge on any atom is 0.138 e. The van der Waals surface area contributed by atoms with Crippen LogP contribution >= 0.6 is 0 Å². The second-order valence-electron chi connectivity index (χ2n) is 5.10. The monoisotopic (exact) mass is 278 g/mol. The number of nitrogens with zero attached hydrogens (tertiary/aromatic N) is 1. The third-order valence-corrected chi connectivity index (χ3v) is 3.50. The molecule has 0 aliphatic heterocycles. The number of ether oxygens (including phenoxy) is 1. The van der Waals surface area contributed by atoms with Crippen LogP contribution in [0.15, 0.2) is 48.5 Å². The quantitative estimate of drug-likeness (QED) is 0.718. The van der Waals surface area contributed by atoms with Crippen molar-refractivity contribution in [1.29, 1.82) is 0 Å². The van der Waals surface area contributed by atoms with Crippen LogP contribution in [0.5, 0.6) is 11.5 Å². The average molecular weight is 278 g/mol. The molecule has 3 nitrogen and oxygen atoms in total. The Morgan fingerprint density at radius 3 is 2.67 bits per heavy atom. The number of hydrogen-bond acceptors (Lipinski definition) is 3. The minimum Gasteiger partial charge on any atom is -0.456 e. The zero-order chi connectivity index (χ0) is 14.8. The van der Waals surface area contributed by atoms with Crippen molar-refractivity contribution in [2.75, 3.05) is 5.73 Å². The fraction of sp³-hybridized carbons (Fsp3) is 0.167. The highest BCUT2D eigenvalue weighted by atomic mass is 16.5. The molecule has 0 saturated carbocycles. The SMILES string of the molecule is CCc1ccccc1Oc1cc(C)nc2ccc(N)cc12. The van der Waals surface area contributed by atoms with Crippen LogP contribution in [0, 0.1) is 6.92 Å². The summed E-state index contributed by atoms with van der Waals surface area (Å²) < 4.78 is 6.15. The van der Waals surface area contributed by atoms with Gasteiger partial charge >= 0.3 is 0 Å². The van der Waals surface area contributed by atoms with E-state index in [1.54, 1.807) is 0 Å². The molecule has 0 radical (unpaired) electrons. The van der Waals surface area contributed by atoms with Crippen LogP contribution < -0.4 is 10.5 Å². The standard InChI is InChI=1S/C18H18N2O/c1-3-13-6-4-5-7-17(13)21-18-10-12(2)20-16-9-8-14(19)11-15(16)18/h4-11H,3,19H2,1-2H3. The molecule has 0 aliphatic rings. The molecule has 3 aromatic rings. The summed E-state index contributed by atoms with van der Waals surface area (Å²) in [7, 11) is 0. The topological polar surface area (TPSA) is 48.1 Å². The Labute approximate surface area is 124 Å². The number of nitrogen functional groups attached to an aromatic ring is 1. The lowest BCUT2D eigenvalue weighted by molar-refractivity contribution is 0.481. The Bertz CT molecular complexity index is 796. The minimum atomic E-state index is 0.710. The smallest absolute Gasteiger partial charge is 0.138 e. The lowest BCUT2D eigenvalue weighted by atomic mass is 10.1. The van der Waals surface area contributed by atoms with Gasteiger partial charge in [0.05, 0.1) is 5.52 Å². The van der Waals surface area contributed by atoms with Gasteiger partial charge in [-0.05, 0) is 43.2 Å². The summed E-state index contributed by atoms with van der Waals surface area (Å²) in [6.45, 7) is 4.09. The number of fused-ring (bicyclic) bond motifs is 1. The van der Waals surface area contributed by atoms with Crippen molar-refractivity contribution >= 4 is 16.6 Å². The molecule has 2 aromatic carbocycles. The molecule has 0 unspecified atom stereocenters. The second-order valence-corrected chi connectivity index (χ2v) is 5.10. The maximum absolute atomic E-state index is 6.15. The molecule has 0 saturated heterocycles. The van der Waals surface area contributed by atoms with Gasteiger partial charge in [-0.25, -0.2) is 0 Å². The van der Waals surface area contributed by atoms with Crippen molar-refractivity contribution in [2.24, 2.45) is 0 Å². The number of hydrogen-bond donors (Lipinski definition) is 1. The van der Waals surface area contributed by atoms with Crippen molar-refractivity contribution in [3.63, 3.8) is 0 Å². The van der Waals surface area contributed by atoms with Gasteiger partial charge in [0.2, 0.25) is 0 Å². The highest BCUT2D eigenvalue weighted by Crippen LogP contribution is 2.32. The third-order valence-electron chi connectivity index (χ3n) is 3.50. The molecule has 21 heavy (non-hydrogen) atoms. The molecule has 1 aromatic heterocycles. The average Bonchev–Trinajstić information content (AvgIpc) is 2.48. The van der Waals surface area contributed by atoms with Crippen molar-refractivity contribution < 1.29 is 4.74 Å². The van der Waals surface area contributed by atoms with Crippen LogP contribution in [-0.2, 0) is 6.42 Å². The van der Waals surface area contributed by atoms with Crippen LogP contribution in [-0.4, -0.2) is 4.98 Å². The molecular formula is C18H18N2O. The first-order valence-electron chi connectivity index (χ1n) is 7.10. The first kappa shape index (κ1) is 13.4. The molecule has 0 bridgehead atoms. The van der Waals surface area contributed by atoms with Gasteiger partial charge in [-0.2, -0.15) is 0 Å². The Kier molecular flexibility index (Phi) is 3.48. The van der Waals surface area contributed by atoms with E-state index in [0.717, 1.165) is 34.5 Å². The van der Waals surface area contributed by atoms with Gasteiger partial charge in [0, 0.05) is 22.8 Å². The van der Waals surface area contributed by atoms with Gasteiger partial charge in [0.1, 0.15) is 11.5 Å². The molecule has 0 amide bonds. The maximum atomic E-state index is 6.15. The summed E-state index contributed by atoms with van der Waals surface area (Å²) in [5.41, 5.74) is 9.61. The third kappa shape index (κ3) is 2.68. The molecule has 3 heteroatoms. The fourth-order valence-electron chi connectivity index (χ4n) is 2.44. The number of benzene rings is 2. The normalized spacial score (nSPS) is 10.8. The van der Waals surface area contributed by atoms with E-state index in [2.05, 4.69) is 18.0 Å². The van der Waals surface area contributed by atoms with Gasteiger partial charge in [-0.3, -0.25) is 4.98 Å². The number of rotatable bonds is 3. The molecule has 0 atom stereocenters. The first-order valence-corrected chi connectivity index (χ1v) is 7.10. The predicted octanol–water partition coefficient (Wildman–Crippen LogP) is 4.48. The van der Waals surface area contributed by atoms with Crippen molar-refractivity contribution in [3.8, 4) is 11.5 Å². The summed E-state index contributed by atoms with van der Waals surface area (Å²) in [4.78, 5) is 4.53. The van der Waals surface area contributed by atoms with Crippen LogP contribution in [0.1, 0.15) is 18.2 Å². The summed E-state index contributed by atoms with van der Waals surface area (Å²) >= 11 is 0. The number of aryl methyl sites for hydroxylation is 2. The molecule has 0 spiro atoms. The minimum absolute atomic E-state index is 0.710. The number of nitrogens with two attached hydrogens (primary N) is 1. The molecule has 1 heterocycles. The van der Waals surface area contributed by atoms with Crippen LogP contribution in [0.2, 0.25) is 0 Å². The molecular weight excluding hydrogens is 260 g/mol. The van der Waals surface area contributed by atoms with E-state index >= 15 is 0 Å². The number of aromatic nitrogens is 1. The Balaban J connectivity index is 2.13. The van der Waals surface area contributed by atoms with E-state index in [1.165, 1.54) is 5.56 Å². The van der Waals surface area contributed by atoms with Gasteiger partial charge in [0.25, 0.3) is 0 Å². The van der Waals surface area contributed by atoms with E-state index in [-0.39, 0.29) is 0 Å². The zero-order valence-corrected chi connectivity index (χ0v) is 12.3.